The van der Waals surface area contributed by atoms with Crippen LogP contribution < -0.4 is 4.74 Å². The lowest BCUT2D eigenvalue weighted by molar-refractivity contribution is 0.132. The van der Waals surface area contributed by atoms with Crippen molar-refractivity contribution in [3.8, 4) is 5.75 Å². The number of methoxy groups -OCH3 is 1. The molecule has 0 N–H and O–H groups in total. The number of nitrogens with zero attached hydrogens (tertiary/aromatic N) is 1. The van der Waals surface area contributed by atoms with Crippen LogP contribution in [0, 0.1) is 0 Å². The molecule has 0 atom stereocenters. The average Bonchev–Trinajstić information content (AvgIpc) is 2.19. The highest BCUT2D eigenvalue weighted by molar-refractivity contribution is 5.52. The van der Waals surface area contributed by atoms with E-state index in [0.717, 1.165) is 11.3 Å². The van der Waals surface area contributed by atoms with Crippen molar-refractivity contribution in [2.24, 2.45) is 5.16 Å². The van der Waals surface area contributed by atoms with Gasteiger partial charge in [-0.05, 0) is 24.6 Å². The van der Waals surface area contributed by atoms with Gasteiger partial charge in [0.2, 0.25) is 0 Å². The fourth-order valence-electron chi connectivity index (χ4n) is 0.893. The lowest BCUT2D eigenvalue weighted by Gasteiger charge is -2.01. The first-order chi connectivity index (χ1) is 6.36. The number of hydrogen-bond acceptors (Lipinski definition) is 3. The Hall–Kier alpha value is -1.51. The molecule has 1 aromatic carbocycles. The summed E-state index contributed by atoms with van der Waals surface area (Å²) < 4.78 is 5.02. The van der Waals surface area contributed by atoms with E-state index in [9.17, 15) is 0 Å². The first-order valence-corrected chi connectivity index (χ1v) is 3.98. The zero-order valence-electron chi connectivity index (χ0n) is 7.78. The van der Waals surface area contributed by atoms with Crippen molar-refractivity contribution in [3.63, 3.8) is 0 Å². The maximum atomic E-state index is 5.02. The molecule has 0 heterocycles. The smallest absolute Gasteiger partial charge is 0.142 e. The van der Waals surface area contributed by atoms with Crippen molar-refractivity contribution in [1.82, 2.24) is 0 Å². The van der Waals surface area contributed by atoms with E-state index in [1.54, 1.807) is 14.0 Å². The predicted octanol–water partition coefficient (Wildman–Crippen LogP) is 2.09. The minimum Gasteiger partial charge on any atom is -0.497 e. The van der Waals surface area contributed by atoms with E-state index in [-0.39, 0.29) is 0 Å². The van der Waals surface area contributed by atoms with Gasteiger partial charge in [0, 0.05) is 0 Å². The largest absolute Gasteiger partial charge is 0.497 e. The molecule has 0 fully saturated rings. The molecule has 13 heavy (non-hydrogen) atoms. The molecule has 1 radical (unpaired) electrons. The van der Waals surface area contributed by atoms with Crippen molar-refractivity contribution in [2.45, 2.75) is 13.5 Å². The number of hydrogen-bond donors (Lipinski definition) is 0. The van der Waals surface area contributed by atoms with Crippen LogP contribution >= 0.6 is 0 Å². The molecule has 0 spiro atoms. The van der Waals surface area contributed by atoms with E-state index < -0.39 is 0 Å². The summed E-state index contributed by atoms with van der Waals surface area (Å²) in [4.78, 5) is 4.92. The minimum absolute atomic E-state index is 0.463. The van der Waals surface area contributed by atoms with Crippen LogP contribution in [0.2, 0.25) is 0 Å². The first-order valence-electron chi connectivity index (χ1n) is 3.98. The van der Waals surface area contributed by atoms with Crippen LogP contribution in [0.4, 0.5) is 0 Å². The van der Waals surface area contributed by atoms with Gasteiger partial charge in [0.15, 0.2) is 0 Å². The molecule has 0 saturated carbocycles. The van der Waals surface area contributed by atoms with Gasteiger partial charge in [-0.1, -0.05) is 17.3 Å². The highest BCUT2D eigenvalue weighted by Gasteiger charge is 1.93. The summed E-state index contributed by atoms with van der Waals surface area (Å²) in [5.41, 5.74) is 1.06. The molecule has 0 aliphatic carbocycles. The van der Waals surface area contributed by atoms with Crippen LogP contribution in [0.3, 0.4) is 0 Å². The lowest BCUT2D eigenvalue weighted by Crippen LogP contribution is -1.87. The predicted molar refractivity (Wildman–Crippen MR) is 50.9 cm³/mol. The van der Waals surface area contributed by atoms with Gasteiger partial charge in [-0.3, -0.25) is 0 Å². The molecule has 1 rings (SSSR count). The summed E-state index contributed by atoms with van der Waals surface area (Å²) >= 11 is 0. The molecule has 3 heteroatoms. The molecule has 0 amide bonds. The van der Waals surface area contributed by atoms with Crippen LogP contribution in [0.5, 0.6) is 5.75 Å². The van der Waals surface area contributed by atoms with Crippen molar-refractivity contribution in [2.75, 3.05) is 7.11 Å². The van der Waals surface area contributed by atoms with E-state index in [0.29, 0.717) is 6.61 Å². The molecule has 0 bridgehead atoms. The summed E-state index contributed by atoms with van der Waals surface area (Å²) in [6.07, 6.45) is 2.54. The Morgan fingerprint density at radius 3 is 2.54 bits per heavy atom. The molecule has 0 saturated heterocycles. The quantitative estimate of drug-likeness (QED) is 0.522. The van der Waals surface area contributed by atoms with Gasteiger partial charge in [0.05, 0.1) is 7.11 Å². The Labute approximate surface area is 78.0 Å². The molecule has 3 nitrogen and oxygen atoms in total. The summed E-state index contributed by atoms with van der Waals surface area (Å²) in [5.74, 6) is 0.842. The van der Waals surface area contributed by atoms with E-state index >= 15 is 0 Å². The van der Waals surface area contributed by atoms with E-state index in [4.69, 9.17) is 9.57 Å². The zero-order valence-corrected chi connectivity index (χ0v) is 7.78. The average molecular weight is 178 g/mol. The monoisotopic (exact) mass is 178 g/mol. The Bertz CT molecular complexity index is 267. The second kappa shape index (κ2) is 5.19. The SMILES string of the molecule is C/[C]=N\OCc1ccc(OC)cc1. The summed E-state index contributed by atoms with van der Waals surface area (Å²) in [5, 5.41) is 3.53. The molecular weight excluding hydrogens is 166 g/mol. The van der Waals surface area contributed by atoms with Gasteiger partial charge in [-0.2, -0.15) is 0 Å². The lowest BCUT2D eigenvalue weighted by atomic mass is 10.2. The molecular formula is C10H12NO2. The normalized spacial score (nSPS) is 10.3. The van der Waals surface area contributed by atoms with Crippen LogP contribution in [0.1, 0.15) is 12.5 Å². The molecule has 1 aromatic rings. The Morgan fingerprint density at radius 1 is 1.31 bits per heavy atom. The second-order valence-corrected chi connectivity index (χ2v) is 2.44. The molecule has 0 aliphatic heterocycles. The Kier molecular flexibility index (Phi) is 3.82. The number of rotatable bonds is 4. The fourth-order valence-corrected chi connectivity index (χ4v) is 0.893. The van der Waals surface area contributed by atoms with Gasteiger partial charge in [-0.25, -0.2) is 0 Å². The highest BCUT2D eigenvalue weighted by Crippen LogP contribution is 2.11. The van der Waals surface area contributed by atoms with E-state index in [1.165, 1.54) is 0 Å². The van der Waals surface area contributed by atoms with Crippen molar-refractivity contribution < 1.29 is 9.57 Å². The summed E-state index contributed by atoms with van der Waals surface area (Å²) in [6.45, 7) is 2.15. The number of benzene rings is 1. The van der Waals surface area contributed by atoms with Crippen molar-refractivity contribution in [3.05, 3.63) is 29.8 Å². The van der Waals surface area contributed by atoms with Crippen LogP contribution in [-0.4, -0.2) is 13.3 Å². The summed E-state index contributed by atoms with van der Waals surface area (Å²) in [6, 6.07) is 7.64. The van der Waals surface area contributed by atoms with Crippen LogP contribution in [0.25, 0.3) is 0 Å². The van der Waals surface area contributed by atoms with E-state index in [2.05, 4.69) is 11.4 Å². The van der Waals surface area contributed by atoms with Crippen LogP contribution in [-0.2, 0) is 11.4 Å². The second-order valence-electron chi connectivity index (χ2n) is 2.44. The topological polar surface area (TPSA) is 30.8 Å². The Balaban J connectivity index is 2.49. The van der Waals surface area contributed by atoms with Gasteiger partial charge < -0.3 is 9.57 Å². The number of ether oxygens (including phenoxy) is 1. The molecule has 0 aromatic heterocycles. The zero-order chi connectivity index (χ0) is 9.52. The van der Waals surface area contributed by atoms with Gasteiger partial charge in [0.1, 0.15) is 18.6 Å². The first kappa shape index (κ1) is 9.58. The minimum atomic E-state index is 0.463. The third-order valence-corrected chi connectivity index (χ3v) is 1.55. The highest BCUT2D eigenvalue weighted by atomic mass is 16.6. The van der Waals surface area contributed by atoms with Gasteiger partial charge in [0.25, 0.3) is 0 Å². The van der Waals surface area contributed by atoms with Crippen molar-refractivity contribution >= 4 is 6.21 Å². The maximum absolute atomic E-state index is 5.02. The standard InChI is InChI=1S/C10H12NO2/c1-3-11-13-8-9-4-6-10(12-2)7-5-9/h4-7H,8H2,1-2H3. The molecule has 0 unspecified atom stereocenters. The fraction of sp³-hybridized carbons (Fsp3) is 0.300. The van der Waals surface area contributed by atoms with Crippen LogP contribution in [0.15, 0.2) is 29.4 Å². The molecule has 0 aliphatic rings. The molecule has 69 valence electrons. The summed E-state index contributed by atoms with van der Waals surface area (Å²) in [7, 11) is 1.64. The van der Waals surface area contributed by atoms with Crippen molar-refractivity contribution in [1.29, 1.82) is 0 Å². The van der Waals surface area contributed by atoms with Gasteiger partial charge >= 0.3 is 0 Å². The third-order valence-electron chi connectivity index (χ3n) is 1.55. The maximum Gasteiger partial charge on any atom is 0.142 e. The third kappa shape index (κ3) is 3.15. The van der Waals surface area contributed by atoms with Gasteiger partial charge in [-0.15, -0.1) is 0 Å². The Morgan fingerprint density at radius 2 is 2.00 bits per heavy atom. The van der Waals surface area contributed by atoms with E-state index in [1.807, 2.05) is 24.3 Å².